The van der Waals surface area contributed by atoms with Gasteiger partial charge in [0.2, 0.25) is 5.91 Å². The first-order valence-corrected chi connectivity index (χ1v) is 8.60. The van der Waals surface area contributed by atoms with Crippen LogP contribution in [-0.2, 0) is 11.3 Å². The third-order valence-electron chi connectivity index (χ3n) is 4.34. The van der Waals surface area contributed by atoms with Gasteiger partial charge in [-0.3, -0.25) is 9.69 Å². The molecule has 0 bridgehead atoms. The van der Waals surface area contributed by atoms with Crippen molar-refractivity contribution in [3.8, 4) is 0 Å². The Balaban J connectivity index is 1.84. The summed E-state index contributed by atoms with van der Waals surface area (Å²) in [5.74, 6) is 0.154. The van der Waals surface area contributed by atoms with Crippen molar-refractivity contribution in [2.24, 2.45) is 0 Å². The maximum Gasteiger partial charge on any atom is 0.237 e. The van der Waals surface area contributed by atoms with Gasteiger partial charge in [-0.2, -0.15) is 0 Å². The van der Waals surface area contributed by atoms with Crippen molar-refractivity contribution in [1.82, 2.24) is 10.2 Å². The highest BCUT2D eigenvalue weighted by Gasteiger charge is 2.22. The number of carbonyl (C=O) groups excluding carboxylic acids is 1. The van der Waals surface area contributed by atoms with Gasteiger partial charge in [-0.15, -0.1) is 0 Å². The zero-order chi connectivity index (χ0) is 15.2. The van der Waals surface area contributed by atoms with E-state index in [0.717, 1.165) is 23.9 Å². The summed E-state index contributed by atoms with van der Waals surface area (Å²) >= 11 is 3.44. The molecule has 0 heterocycles. The molecule has 1 aliphatic rings. The fourth-order valence-corrected chi connectivity index (χ4v) is 3.05. The lowest BCUT2D eigenvalue weighted by Gasteiger charge is -2.28. The van der Waals surface area contributed by atoms with Gasteiger partial charge >= 0.3 is 0 Å². The van der Waals surface area contributed by atoms with Crippen LogP contribution in [0.15, 0.2) is 28.7 Å². The molecular weight excluding hydrogens is 328 g/mol. The van der Waals surface area contributed by atoms with Gasteiger partial charge in [0.05, 0.1) is 6.04 Å². The first-order chi connectivity index (χ1) is 10.1. The van der Waals surface area contributed by atoms with E-state index in [1.54, 1.807) is 0 Å². The molecule has 3 nitrogen and oxygen atoms in total. The van der Waals surface area contributed by atoms with Crippen molar-refractivity contribution < 1.29 is 4.79 Å². The molecule has 0 radical (unpaired) electrons. The van der Waals surface area contributed by atoms with Crippen molar-refractivity contribution >= 4 is 21.8 Å². The summed E-state index contributed by atoms with van der Waals surface area (Å²) < 4.78 is 1.08. The zero-order valence-electron chi connectivity index (χ0n) is 12.9. The van der Waals surface area contributed by atoms with E-state index in [4.69, 9.17) is 0 Å². The molecule has 1 N–H and O–H groups in total. The number of nitrogens with zero attached hydrogens (tertiary/aromatic N) is 1. The summed E-state index contributed by atoms with van der Waals surface area (Å²) in [6.07, 6.45) is 6.07. The Morgan fingerprint density at radius 3 is 2.52 bits per heavy atom. The fourth-order valence-electron chi connectivity index (χ4n) is 2.78. The molecular formula is C17H25BrN2O. The van der Waals surface area contributed by atoms with Gasteiger partial charge in [-0.05, 0) is 44.5 Å². The largest absolute Gasteiger partial charge is 0.352 e. The van der Waals surface area contributed by atoms with E-state index < -0.39 is 0 Å². The molecule has 1 amide bonds. The van der Waals surface area contributed by atoms with Crippen LogP contribution in [0, 0.1) is 0 Å². The molecule has 1 unspecified atom stereocenters. The molecule has 0 aromatic heterocycles. The monoisotopic (exact) mass is 352 g/mol. The number of carbonyl (C=O) groups is 1. The number of hydrogen-bond acceptors (Lipinski definition) is 2. The van der Waals surface area contributed by atoms with Crippen molar-refractivity contribution in [3.63, 3.8) is 0 Å². The van der Waals surface area contributed by atoms with Gasteiger partial charge in [0.1, 0.15) is 0 Å². The second-order valence-corrected chi connectivity index (χ2v) is 6.98. The third kappa shape index (κ3) is 5.11. The molecule has 0 aliphatic heterocycles. The minimum absolute atomic E-state index is 0.101. The smallest absolute Gasteiger partial charge is 0.237 e. The molecule has 4 heteroatoms. The molecule has 0 spiro atoms. The van der Waals surface area contributed by atoms with Crippen molar-refractivity contribution in [3.05, 3.63) is 34.3 Å². The molecule has 0 saturated heterocycles. The Morgan fingerprint density at radius 1 is 1.29 bits per heavy atom. The number of nitrogens with one attached hydrogen (secondary N) is 1. The lowest BCUT2D eigenvalue weighted by Crippen LogP contribution is -2.47. The summed E-state index contributed by atoms with van der Waals surface area (Å²) in [7, 11) is 2.01. The molecule has 1 saturated carbocycles. The van der Waals surface area contributed by atoms with Gasteiger partial charge in [0.15, 0.2) is 0 Å². The third-order valence-corrected chi connectivity index (χ3v) is 4.87. The quantitative estimate of drug-likeness (QED) is 0.875. The Labute approximate surface area is 136 Å². The highest BCUT2D eigenvalue weighted by molar-refractivity contribution is 9.10. The number of benzene rings is 1. The van der Waals surface area contributed by atoms with Crippen LogP contribution < -0.4 is 5.32 Å². The van der Waals surface area contributed by atoms with Gasteiger partial charge in [0, 0.05) is 17.1 Å². The van der Waals surface area contributed by atoms with Crippen LogP contribution in [0.1, 0.15) is 44.6 Å². The Hall–Kier alpha value is -0.870. The maximum atomic E-state index is 12.3. The van der Waals surface area contributed by atoms with E-state index >= 15 is 0 Å². The molecule has 116 valence electrons. The van der Waals surface area contributed by atoms with Crippen LogP contribution in [0.3, 0.4) is 0 Å². The van der Waals surface area contributed by atoms with Crippen molar-refractivity contribution in [1.29, 1.82) is 0 Å². The molecule has 1 aliphatic carbocycles. The molecule has 1 atom stereocenters. The highest BCUT2D eigenvalue weighted by atomic mass is 79.9. The predicted molar refractivity (Wildman–Crippen MR) is 90.1 cm³/mol. The minimum atomic E-state index is -0.101. The van der Waals surface area contributed by atoms with Crippen LogP contribution in [0.25, 0.3) is 0 Å². The van der Waals surface area contributed by atoms with Crippen LogP contribution in [0.4, 0.5) is 0 Å². The van der Waals surface area contributed by atoms with E-state index in [1.165, 1.54) is 24.8 Å². The highest BCUT2D eigenvalue weighted by Crippen LogP contribution is 2.18. The predicted octanol–water partition coefficient (Wildman–Crippen LogP) is 3.72. The van der Waals surface area contributed by atoms with Crippen LogP contribution in [0.2, 0.25) is 0 Å². The Bertz CT molecular complexity index is 454. The van der Waals surface area contributed by atoms with Crippen molar-refractivity contribution in [2.75, 3.05) is 7.05 Å². The molecule has 1 aromatic carbocycles. The summed E-state index contributed by atoms with van der Waals surface area (Å²) in [6.45, 7) is 2.77. The SMILES string of the molecule is CC(C(=O)NC1CCCCC1)N(C)Cc1ccc(Br)cc1. The number of likely N-dealkylation sites (N-methyl/N-ethyl adjacent to an activating group) is 1. The van der Waals surface area contributed by atoms with Gasteiger partial charge < -0.3 is 5.32 Å². The zero-order valence-corrected chi connectivity index (χ0v) is 14.5. The fraction of sp³-hybridized carbons (Fsp3) is 0.588. The minimum Gasteiger partial charge on any atom is -0.352 e. The van der Waals surface area contributed by atoms with E-state index in [-0.39, 0.29) is 11.9 Å². The summed E-state index contributed by atoms with van der Waals surface area (Å²) in [5, 5.41) is 3.21. The first kappa shape index (κ1) is 16.5. The summed E-state index contributed by atoms with van der Waals surface area (Å²) in [5.41, 5.74) is 1.22. The summed E-state index contributed by atoms with van der Waals surface area (Å²) in [6, 6.07) is 8.54. The molecule has 2 rings (SSSR count). The topological polar surface area (TPSA) is 32.3 Å². The standard InChI is InChI=1S/C17H25BrN2O/c1-13(17(21)19-16-6-4-3-5-7-16)20(2)12-14-8-10-15(18)11-9-14/h8-11,13,16H,3-7,12H2,1-2H3,(H,19,21). The van der Waals surface area contributed by atoms with E-state index in [2.05, 4.69) is 38.3 Å². The average Bonchev–Trinajstić information content (AvgIpc) is 2.49. The average molecular weight is 353 g/mol. The first-order valence-electron chi connectivity index (χ1n) is 7.81. The van der Waals surface area contributed by atoms with Gasteiger partial charge in [0.25, 0.3) is 0 Å². The van der Waals surface area contributed by atoms with Crippen LogP contribution in [0.5, 0.6) is 0 Å². The van der Waals surface area contributed by atoms with Crippen LogP contribution in [-0.4, -0.2) is 29.9 Å². The number of rotatable bonds is 5. The lowest BCUT2D eigenvalue weighted by atomic mass is 9.95. The Kier molecular flexibility index (Phi) is 6.24. The lowest BCUT2D eigenvalue weighted by molar-refractivity contribution is -0.126. The molecule has 1 fully saturated rings. The molecule has 1 aromatic rings. The summed E-state index contributed by atoms with van der Waals surface area (Å²) in [4.78, 5) is 14.4. The number of halogens is 1. The van der Waals surface area contributed by atoms with E-state index in [0.29, 0.717) is 6.04 Å². The van der Waals surface area contributed by atoms with Gasteiger partial charge in [-0.25, -0.2) is 0 Å². The van der Waals surface area contributed by atoms with Crippen LogP contribution >= 0.6 is 15.9 Å². The maximum absolute atomic E-state index is 12.3. The number of amides is 1. The van der Waals surface area contributed by atoms with E-state index in [1.807, 2.05) is 26.1 Å². The van der Waals surface area contributed by atoms with E-state index in [9.17, 15) is 4.79 Å². The molecule has 21 heavy (non-hydrogen) atoms. The second-order valence-electron chi connectivity index (χ2n) is 6.06. The van der Waals surface area contributed by atoms with Gasteiger partial charge in [-0.1, -0.05) is 47.3 Å². The second kappa shape index (κ2) is 7.95. The Morgan fingerprint density at radius 2 is 1.90 bits per heavy atom. The normalized spacial score (nSPS) is 17.7. The number of hydrogen-bond donors (Lipinski definition) is 1. The van der Waals surface area contributed by atoms with Crippen molar-refractivity contribution in [2.45, 2.75) is 57.7 Å².